The van der Waals surface area contributed by atoms with E-state index >= 15 is 0 Å². The number of furan rings is 1. The van der Waals surface area contributed by atoms with Crippen LogP contribution in [0, 0.1) is 6.92 Å². The number of hydrogen-bond donors (Lipinski definition) is 0. The van der Waals surface area contributed by atoms with Crippen LogP contribution in [0.1, 0.15) is 27.8 Å². The van der Waals surface area contributed by atoms with Gasteiger partial charge in [0.05, 0.1) is 16.8 Å². The zero-order valence-corrected chi connectivity index (χ0v) is 35.1. The van der Waals surface area contributed by atoms with Gasteiger partial charge in [0, 0.05) is 38.7 Å². The van der Waals surface area contributed by atoms with Crippen molar-refractivity contribution in [1.29, 1.82) is 0 Å². The summed E-state index contributed by atoms with van der Waals surface area (Å²) in [6, 6.07) is 79.3. The molecule has 12 rings (SSSR count). The molecule has 1 unspecified atom stereocenters. The van der Waals surface area contributed by atoms with Crippen LogP contribution in [0.3, 0.4) is 0 Å². The summed E-state index contributed by atoms with van der Waals surface area (Å²) in [6.07, 6.45) is 0. The Hall–Kier alpha value is -8.41. The summed E-state index contributed by atoms with van der Waals surface area (Å²) in [5.41, 5.74) is 15.1. The lowest BCUT2D eigenvalue weighted by Gasteiger charge is -2.46. The number of benzene rings is 9. The summed E-state index contributed by atoms with van der Waals surface area (Å²) in [5, 5.41) is 2.20. The molecule has 64 heavy (non-hydrogen) atoms. The number of fused-ring (bicyclic) bond motifs is 5. The van der Waals surface area contributed by atoms with Crippen molar-refractivity contribution in [3.05, 3.63) is 252 Å². The maximum atomic E-state index is 6.93. The Labute approximate surface area is 371 Å². The third kappa shape index (κ3) is 5.97. The number of rotatable bonds is 7. The highest BCUT2D eigenvalue weighted by atomic mass is 16.3. The first kappa shape index (κ1) is 37.4. The van der Waals surface area contributed by atoms with Gasteiger partial charge in [-0.15, -0.1) is 0 Å². The van der Waals surface area contributed by atoms with Gasteiger partial charge in [-0.3, -0.25) is 0 Å². The highest BCUT2D eigenvalue weighted by molar-refractivity contribution is 6.07. The van der Waals surface area contributed by atoms with Crippen molar-refractivity contribution >= 4 is 39.0 Å². The van der Waals surface area contributed by atoms with E-state index in [-0.39, 0.29) is 0 Å². The van der Waals surface area contributed by atoms with E-state index in [2.05, 4.69) is 170 Å². The van der Waals surface area contributed by atoms with Crippen LogP contribution in [0.25, 0.3) is 67.2 Å². The lowest BCUT2D eigenvalue weighted by molar-refractivity contribution is 0.643. The fourth-order valence-electron chi connectivity index (χ4n) is 9.82. The molecule has 0 radical (unpaired) electrons. The largest absolute Gasteiger partial charge is 0.456 e. The zero-order chi connectivity index (χ0) is 42.6. The van der Waals surface area contributed by atoms with E-state index in [1.165, 1.54) is 11.1 Å². The normalized spacial score (nSPS) is 14.4. The van der Waals surface area contributed by atoms with Crippen LogP contribution in [-0.2, 0) is 5.41 Å². The molecule has 302 valence electrons. The lowest BCUT2D eigenvalue weighted by Crippen LogP contribution is -2.38. The number of hydrogen-bond acceptors (Lipinski definition) is 5. The highest BCUT2D eigenvalue weighted by Gasteiger charge is 2.48. The second-order valence-electron chi connectivity index (χ2n) is 16.4. The van der Waals surface area contributed by atoms with E-state index < -0.39 is 5.41 Å². The lowest BCUT2D eigenvalue weighted by atomic mass is 9.62. The van der Waals surface area contributed by atoms with E-state index in [1.54, 1.807) is 0 Å². The Morgan fingerprint density at radius 3 is 1.64 bits per heavy atom. The topological polar surface area (TPSA) is 55.1 Å². The first-order valence-corrected chi connectivity index (χ1v) is 21.7. The van der Waals surface area contributed by atoms with Crippen LogP contribution in [0.15, 0.2) is 229 Å². The minimum atomic E-state index is -0.756. The van der Waals surface area contributed by atoms with Gasteiger partial charge in [0.1, 0.15) is 11.2 Å². The van der Waals surface area contributed by atoms with Crippen molar-refractivity contribution < 1.29 is 4.42 Å². The van der Waals surface area contributed by atoms with Crippen LogP contribution in [0.5, 0.6) is 0 Å². The molecule has 0 saturated carbocycles. The van der Waals surface area contributed by atoms with Crippen molar-refractivity contribution in [2.45, 2.75) is 12.3 Å². The third-order valence-electron chi connectivity index (χ3n) is 12.7. The van der Waals surface area contributed by atoms with Gasteiger partial charge in [0.25, 0.3) is 0 Å². The van der Waals surface area contributed by atoms with Crippen molar-refractivity contribution in [1.82, 2.24) is 15.0 Å². The third-order valence-corrected chi connectivity index (χ3v) is 12.7. The number of para-hydroxylation sites is 3. The average Bonchev–Trinajstić information content (AvgIpc) is 3.76. The summed E-state index contributed by atoms with van der Waals surface area (Å²) in [6.45, 7) is 2.19. The monoisotopic (exact) mass is 820 g/mol. The molecule has 2 aromatic heterocycles. The Morgan fingerprint density at radius 1 is 0.406 bits per heavy atom. The van der Waals surface area contributed by atoms with Crippen molar-refractivity contribution in [3.63, 3.8) is 0 Å². The molecule has 0 spiro atoms. The molecule has 0 amide bonds. The first-order valence-electron chi connectivity index (χ1n) is 21.7. The number of nitrogens with zero attached hydrogens (tertiary/aromatic N) is 4. The first-order chi connectivity index (χ1) is 31.6. The van der Waals surface area contributed by atoms with Crippen molar-refractivity contribution in [2.75, 3.05) is 4.90 Å². The molecule has 1 aliphatic heterocycles. The van der Waals surface area contributed by atoms with E-state index in [4.69, 9.17) is 19.4 Å². The molecule has 11 aromatic rings. The van der Waals surface area contributed by atoms with Crippen molar-refractivity contribution in [2.24, 2.45) is 0 Å². The van der Waals surface area contributed by atoms with Crippen molar-refractivity contribution in [3.8, 4) is 45.3 Å². The second kappa shape index (κ2) is 15.2. The zero-order valence-electron chi connectivity index (χ0n) is 35.1. The highest BCUT2D eigenvalue weighted by Crippen LogP contribution is 2.59. The Bertz CT molecular complexity index is 3450. The molecule has 0 N–H and O–H groups in total. The SMILES string of the molecule is Cc1ccccc1-c1ccc2c(c1)N(c1ccc(-c3nc(-c4ccccc4)nc(-c4ccccc4)n3)cc1)c1ccccc1C2(c1ccccc1)c1cccc2c1oc1ccccc12. The summed E-state index contributed by atoms with van der Waals surface area (Å²) >= 11 is 0. The smallest absolute Gasteiger partial charge is 0.164 e. The molecule has 0 saturated heterocycles. The molecule has 1 aliphatic rings. The van der Waals surface area contributed by atoms with Crippen LogP contribution in [-0.4, -0.2) is 15.0 Å². The van der Waals surface area contributed by atoms with E-state index in [0.29, 0.717) is 17.5 Å². The van der Waals surface area contributed by atoms with Crippen LogP contribution >= 0.6 is 0 Å². The van der Waals surface area contributed by atoms with E-state index in [0.717, 1.165) is 83.5 Å². The molecule has 0 fully saturated rings. The summed E-state index contributed by atoms with van der Waals surface area (Å²) in [4.78, 5) is 17.5. The fraction of sp³-hybridized carbons (Fsp3) is 0.0339. The quantitative estimate of drug-likeness (QED) is 0.160. The fourth-order valence-corrected chi connectivity index (χ4v) is 9.82. The van der Waals surface area contributed by atoms with Crippen LogP contribution in [0.4, 0.5) is 17.1 Å². The number of aryl methyl sites for hydroxylation is 1. The van der Waals surface area contributed by atoms with Gasteiger partial charge in [0.2, 0.25) is 0 Å². The summed E-state index contributed by atoms with van der Waals surface area (Å²) in [7, 11) is 0. The molecule has 0 aliphatic carbocycles. The Morgan fingerprint density at radius 2 is 0.938 bits per heavy atom. The minimum Gasteiger partial charge on any atom is -0.456 e. The molecule has 5 heteroatoms. The van der Waals surface area contributed by atoms with Gasteiger partial charge in [-0.1, -0.05) is 182 Å². The predicted molar refractivity (Wildman–Crippen MR) is 260 cm³/mol. The molecule has 9 aromatic carbocycles. The van der Waals surface area contributed by atoms with Gasteiger partial charge in [0.15, 0.2) is 17.5 Å². The summed E-state index contributed by atoms with van der Waals surface area (Å²) in [5.74, 6) is 1.88. The average molecular weight is 821 g/mol. The Balaban J connectivity index is 1.10. The van der Waals surface area contributed by atoms with Gasteiger partial charge in [-0.25, -0.2) is 15.0 Å². The molecular weight excluding hydrogens is 781 g/mol. The maximum absolute atomic E-state index is 6.93. The van der Waals surface area contributed by atoms with E-state index in [9.17, 15) is 0 Å². The van der Waals surface area contributed by atoms with Gasteiger partial charge in [-0.05, 0) is 82.8 Å². The number of aromatic nitrogens is 3. The van der Waals surface area contributed by atoms with E-state index in [1.807, 2.05) is 66.7 Å². The van der Waals surface area contributed by atoms with Crippen LogP contribution in [0.2, 0.25) is 0 Å². The Kier molecular flexibility index (Phi) is 8.87. The predicted octanol–water partition coefficient (Wildman–Crippen LogP) is 14.9. The van der Waals surface area contributed by atoms with Gasteiger partial charge in [-0.2, -0.15) is 0 Å². The maximum Gasteiger partial charge on any atom is 0.164 e. The molecule has 3 heterocycles. The van der Waals surface area contributed by atoms with Crippen LogP contribution < -0.4 is 4.90 Å². The molecule has 5 nitrogen and oxygen atoms in total. The standard InChI is InChI=1S/C59H40N4O/c1-39-18-11-12-25-46(39)43-34-37-50-53(38-43)63(45-35-32-42(33-36-45)58-61-56(40-19-5-2-6-20-40)60-57(62-58)41-21-7-3-8-22-41)52-30-15-14-28-49(52)59(50,44-23-9-4-10-24-44)51-29-17-27-48-47-26-13-16-31-54(47)64-55(48)51/h2-38H,1H3. The molecule has 0 bridgehead atoms. The van der Waals surface area contributed by atoms with Gasteiger partial charge >= 0.3 is 0 Å². The molecule has 1 atom stereocenters. The molecular formula is C59H40N4O. The minimum absolute atomic E-state index is 0.613. The second-order valence-corrected chi connectivity index (χ2v) is 16.4. The number of anilines is 3. The van der Waals surface area contributed by atoms with Gasteiger partial charge < -0.3 is 9.32 Å². The summed E-state index contributed by atoms with van der Waals surface area (Å²) < 4.78 is 6.93.